The molecule has 0 atom stereocenters. The molecule has 1 aromatic carbocycles. The van der Waals surface area contributed by atoms with Crippen molar-refractivity contribution in [3.05, 3.63) is 58.3 Å². The summed E-state index contributed by atoms with van der Waals surface area (Å²) in [5.41, 5.74) is 2.29. The normalized spacial score (nSPS) is 10.3. The van der Waals surface area contributed by atoms with Crippen LogP contribution in [0.1, 0.15) is 11.1 Å². The van der Waals surface area contributed by atoms with Crippen LogP contribution in [0.15, 0.2) is 47.2 Å². The average Bonchev–Trinajstić information content (AvgIpc) is 3.01. The molecule has 2 amide bonds. The largest absolute Gasteiger partial charge is 0.395 e. The van der Waals surface area contributed by atoms with Crippen molar-refractivity contribution in [1.82, 2.24) is 10.2 Å². The molecule has 2 N–H and O–H groups in total. The van der Waals surface area contributed by atoms with Crippen LogP contribution in [0.4, 0.5) is 4.79 Å². The molecule has 0 saturated heterocycles. The summed E-state index contributed by atoms with van der Waals surface area (Å²) in [6.07, 6.45) is 0.804. The van der Waals surface area contributed by atoms with E-state index in [1.807, 2.05) is 47.2 Å². The molecule has 4 nitrogen and oxygen atoms in total. The van der Waals surface area contributed by atoms with Crippen molar-refractivity contribution in [2.45, 2.75) is 13.0 Å². The van der Waals surface area contributed by atoms with Crippen LogP contribution >= 0.6 is 11.3 Å². The summed E-state index contributed by atoms with van der Waals surface area (Å²) in [4.78, 5) is 13.8. The minimum atomic E-state index is -0.133. The fourth-order valence-corrected chi connectivity index (χ4v) is 2.71. The molecule has 0 aliphatic heterocycles. The molecule has 0 aliphatic rings. The monoisotopic (exact) mass is 304 g/mol. The van der Waals surface area contributed by atoms with Crippen LogP contribution in [-0.4, -0.2) is 35.7 Å². The van der Waals surface area contributed by atoms with Gasteiger partial charge in [0.1, 0.15) is 0 Å². The first-order valence-corrected chi connectivity index (χ1v) is 7.92. The van der Waals surface area contributed by atoms with Crippen molar-refractivity contribution in [2.24, 2.45) is 0 Å². The third-order valence-corrected chi connectivity index (χ3v) is 3.88. The third-order valence-electron chi connectivity index (χ3n) is 3.14. The number of aliphatic hydroxyl groups excluding tert-OH is 1. The Labute approximate surface area is 129 Å². The summed E-state index contributed by atoms with van der Waals surface area (Å²) < 4.78 is 0. The quantitative estimate of drug-likeness (QED) is 0.826. The van der Waals surface area contributed by atoms with Crippen LogP contribution in [0.25, 0.3) is 0 Å². The van der Waals surface area contributed by atoms with E-state index in [-0.39, 0.29) is 12.6 Å². The zero-order valence-electron chi connectivity index (χ0n) is 11.9. The lowest BCUT2D eigenvalue weighted by molar-refractivity contribution is 0.174. The number of rotatable bonds is 7. The molecular formula is C16H20N2O2S. The molecule has 0 fully saturated rings. The van der Waals surface area contributed by atoms with E-state index in [1.165, 1.54) is 5.56 Å². The first-order chi connectivity index (χ1) is 10.3. The van der Waals surface area contributed by atoms with Gasteiger partial charge < -0.3 is 15.3 Å². The summed E-state index contributed by atoms with van der Waals surface area (Å²) in [5, 5.41) is 16.0. The standard InChI is InChI=1S/C16H20N2O2S/c19-10-9-18(12-15-7-11-21-13-15)16(20)17-8-6-14-4-2-1-3-5-14/h1-5,7,11,13,19H,6,8-10,12H2,(H,17,20). The fraction of sp³-hybridized carbons (Fsp3) is 0.312. The molecule has 1 aromatic heterocycles. The Balaban J connectivity index is 1.81. The second kappa shape index (κ2) is 8.44. The van der Waals surface area contributed by atoms with Gasteiger partial charge in [-0.15, -0.1) is 0 Å². The van der Waals surface area contributed by atoms with E-state index < -0.39 is 0 Å². The maximum atomic E-state index is 12.2. The van der Waals surface area contributed by atoms with Crippen LogP contribution in [0.3, 0.4) is 0 Å². The molecule has 1 heterocycles. The van der Waals surface area contributed by atoms with Gasteiger partial charge in [0.05, 0.1) is 6.61 Å². The Kier molecular flexibility index (Phi) is 6.24. The minimum Gasteiger partial charge on any atom is -0.395 e. The van der Waals surface area contributed by atoms with Crippen molar-refractivity contribution < 1.29 is 9.90 Å². The Hall–Kier alpha value is -1.85. The van der Waals surface area contributed by atoms with E-state index in [0.717, 1.165) is 12.0 Å². The molecule has 0 spiro atoms. The fourth-order valence-electron chi connectivity index (χ4n) is 2.05. The number of thiophene rings is 1. The maximum Gasteiger partial charge on any atom is 0.317 e. The highest BCUT2D eigenvalue weighted by molar-refractivity contribution is 7.07. The molecule has 2 aromatic rings. The smallest absolute Gasteiger partial charge is 0.317 e. The molecule has 112 valence electrons. The second-order valence-electron chi connectivity index (χ2n) is 4.74. The van der Waals surface area contributed by atoms with Gasteiger partial charge in [0.15, 0.2) is 0 Å². The van der Waals surface area contributed by atoms with Crippen molar-refractivity contribution in [2.75, 3.05) is 19.7 Å². The lowest BCUT2D eigenvalue weighted by Crippen LogP contribution is -2.41. The SMILES string of the molecule is O=C(NCCc1ccccc1)N(CCO)Cc1ccsc1. The molecule has 5 heteroatoms. The number of carbonyl (C=O) groups is 1. The van der Waals surface area contributed by atoms with Crippen LogP contribution in [-0.2, 0) is 13.0 Å². The topological polar surface area (TPSA) is 52.6 Å². The van der Waals surface area contributed by atoms with E-state index in [0.29, 0.717) is 19.6 Å². The highest BCUT2D eigenvalue weighted by Gasteiger charge is 2.13. The second-order valence-corrected chi connectivity index (χ2v) is 5.52. The van der Waals surface area contributed by atoms with E-state index in [1.54, 1.807) is 16.2 Å². The molecule has 0 saturated carbocycles. The predicted molar refractivity (Wildman–Crippen MR) is 85.4 cm³/mol. The zero-order chi connectivity index (χ0) is 14.9. The Morgan fingerprint density at radius 3 is 2.67 bits per heavy atom. The predicted octanol–water partition coefficient (Wildman–Crippen LogP) is 2.49. The minimum absolute atomic E-state index is 0.0315. The number of hydrogen-bond donors (Lipinski definition) is 2. The third kappa shape index (κ3) is 5.21. The number of nitrogens with zero attached hydrogens (tertiary/aromatic N) is 1. The van der Waals surface area contributed by atoms with Crippen molar-refractivity contribution in [3.63, 3.8) is 0 Å². The zero-order valence-corrected chi connectivity index (χ0v) is 12.7. The summed E-state index contributed by atoms with van der Waals surface area (Å²) >= 11 is 1.61. The number of amides is 2. The van der Waals surface area contributed by atoms with E-state index in [9.17, 15) is 4.79 Å². The average molecular weight is 304 g/mol. The summed E-state index contributed by atoms with van der Waals surface area (Å²) in [6, 6.07) is 11.9. The number of urea groups is 1. The van der Waals surface area contributed by atoms with Crippen molar-refractivity contribution >= 4 is 17.4 Å². The van der Waals surface area contributed by atoms with Gasteiger partial charge in [-0.3, -0.25) is 0 Å². The molecule has 2 rings (SSSR count). The Morgan fingerprint density at radius 2 is 2.00 bits per heavy atom. The number of benzene rings is 1. The van der Waals surface area contributed by atoms with E-state index >= 15 is 0 Å². The van der Waals surface area contributed by atoms with E-state index in [4.69, 9.17) is 5.11 Å². The number of aliphatic hydroxyl groups is 1. The van der Waals surface area contributed by atoms with Gasteiger partial charge in [0.2, 0.25) is 0 Å². The van der Waals surface area contributed by atoms with Crippen LogP contribution in [0.5, 0.6) is 0 Å². The number of hydrogen-bond acceptors (Lipinski definition) is 3. The summed E-state index contributed by atoms with van der Waals surface area (Å²) in [6.45, 7) is 1.43. The van der Waals surface area contributed by atoms with Gasteiger partial charge in [-0.1, -0.05) is 30.3 Å². The first-order valence-electron chi connectivity index (χ1n) is 6.98. The molecule has 0 aliphatic carbocycles. The van der Waals surface area contributed by atoms with Gasteiger partial charge in [-0.25, -0.2) is 4.79 Å². The van der Waals surface area contributed by atoms with Crippen LogP contribution < -0.4 is 5.32 Å². The van der Waals surface area contributed by atoms with Gasteiger partial charge in [0.25, 0.3) is 0 Å². The van der Waals surface area contributed by atoms with Crippen LogP contribution in [0.2, 0.25) is 0 Å². The summed E-state index contributed by atoms with van der Waals surface area (Å²) in [5.74, 6) is 0. The van der Waals surface area contributed by atoms with Gasteiger partial charge in [-0.2, -0.15) is 11.3 Å². The van der Waals surface area contributed by atoms with E-state index in [2.05, 4.69) is 5.32 Å². The Morgan fingerprint density at radius 1 is 1.19 bits per heavy atom. The van der Waals surface area contributed by atoms with Crippen molar-refractivity contribution in [1.29, 1.82) is 0 Å². The number of nitrogens with one attached hydrogen (secondary N) is 1. The van der Waals surface area contributed by atoms with Crippen LogP contribution in [0, 0.1) is 0 Å². The highest BCUT2D eigenvalue weighted by Crippen LogP contribution is 2.09. The lowest BCUT2D eigenvalue weighted by Gasteiger charge is -2.21. The molecular weight excluding hydrogens is 284 g/mol. The maximum absolute atomic E-state index is 12.2. The summed E-state index contributed by atoms with van der Waals surface area (Å²) in [7, 11) is 0. The first kappa shape index (κ1) is 15.5. The lowest BCUT2D eigenvalue weighted by atomic mass is 10.1. The number of carbonyl (C=O) groups excluding carboxylic acids is 1. The van der Waals surface area contributed by atoms with Gasteiger partial charge >= 0.3 is 6.03 Å². The van der Waals surface area contributed by atoms with Gasteiger partial charge in [0, 0.05) is 19.6 Å². The highest BCUT2D eigenvalue weighted by atomic mass is 32.1. The van der Waals surface area contributed by atoms with Crippen molar-refractivity contribution in [3.8, 4) is 0 Å². The molecule has 21 heavy (non-hydrogen) atoms. The molecule has 0 unspecified atom stereocenters. The van der Waals surface area contributed by atoms with Gasteiger partial charge in [-0.05, 0) is 34.4 Å². The molecule has 0 radical (unpaired) electrons. The molecule has 0 bridgehead atoms. The Bertz CT molecular complexity index is 528.